The van der Waals surface area contributed by atoms with E-state index in [2.05, 4.69) is 33.4 Å². The van der Waals surface area contributed by atoms with Crippen LogP contribution in [0.25, 0.3) is 11.7 Å². The summed E-state index contributed by atoms with van der Waals surface area (Å²) in [4.78, 5) is 8.30. The van der Waals surface area contributed by atoms with Gasteiger partial charge in [-0.05, 0) is 48.9 Å². The summed E-state index contributed by atoms with van der Waals surface area (Å²) in [6, 6.07) is 6.46. The summed E-state index contributed by atoms with van der Waals surface area (Å²) in [6.45, 7) is 3.84. The fraction of sp³-hybridized carbons (Fsp3) is 0.375. The smallest absolute Gasteiger partial charge is 0.293 e. The van der Waals surface area contributed by atoms with Crippen LogP contribution in [0.3, 0.4) is 0 Å². The lowest BCUT2D eigenvalue weighted by Crippen LogP contribution is -2.25. The molecule has 0 atom stereocenters. The zero-order chi connectivity index (χ0) is 14.9. The third-order valence-corrected chi connectivity index (χ3v) is 4.93. The molecule has 3 heterocycles. The Morgan fingerprint density at radius 3 is 2.91 bits per heavy atom. The molecule has 3 aromatic heterocycles. The van der Waals surface area contributed by atoms with Crippen LogP contribution in [0, 0.1) is 6.92 Å². The Labute approximate surface area is 132 Å². The highest BCUT2D eigenvalue weighted by Crippen LogP contribution is 2.31. The van der Waals surface area contributed by atoms with E-state index in [1.165, 1.54) is 23.3 Å². The van der Waals surface area contributed by atoms with E-state index in [0.29, 0.717) is 30.1 Å². The molecule has 1 fully saturated rings. The van der Waals surface area contributed by atoms with E-state index in [0.717, 1.165) is 6.54 Å². The van der Waals surface area contributed by atoms with Crippen molar-refractivity contribution in [2.75, 3.05) is 0 Å². The average molecular weight is 315 g/mol. The third kappa shape index (κ3) is 2.84. The summed E-state index contributed by atoms with van der Waals surface area (Å²) in [6.07, 6.45) is 4.12. The number of aryl methyl sites for hydroxylation is 1. The Bertz CT molecular complexity index is 743. The minimum absolute atomic E-state index is 0.447. The van der Waals surface area contributed by atoms with Gasteiger partial charge in [0.1, 0.15) is 0 Å². The van der Waals surface area contributed by atoms with Crippen molar-refractivity contribution in [2.45, 2.75) is 38.9 Å². The van der Waals surface area contributed by atoms with Gasteiger partial charge < -0.3 is 8.94 Å². The second-order valence-corrected chi connectivity index (χ2v) is 6.66. The monoisotopic (exact) mass is 315 g/mol. The van der Waals surface area contributed by atoms with Crippen LogP contribution in [0.1, 0.15) is 29.1 Å². The molecule has 0 bridgehead atoms. The molecule has 6 heteroatoms. The number of hydrogen-bond donors (Lipinski definition) is 0. The van der Waals surface area contributed by atoms with Crippen molar-refractivity contribution >= 4 is 11.3 Å². The van der Waals surface area contributed by atoms with Crippen molar-refractivity contribution in [3.8, 4) is 11.7 Å². The molecular formula is C16H17N3O2S. The van der Waals surface area contributed by atoms with Crippen LogP contribution in [0.2, 0.25) is 0 Å². The maximum atomic E-state index is 5.29. The predicted molar refractivity (Wildman–Crippen MR) is 83.3 cm³/mol. The second kappa shape index (κ2) is 5.70. The van der Waals surface area contributed by atoms with Crippen molar-refractivity contribution in [2.24, 2.45) is 0 Å². The molecule has 0 N–H and O–H groups in total. The molecule has 0 radical (unpaired) electrons. The summed E-state index contributed by atoms with van der Waals surface area (Å²) in [5.74, 6) is 1.78. The lowest BCUT2D eigenvalue weighted by atomic mass is 10.2. The third-order valence-electron chi connectivity index (χ3n) is 3.92. The van der Waals surface area contributed by atoms with Crippen molar-refractivity contribution in [3.05, 3.63) is 46.1 Å². The molecule has 114 valence electrons. The van der Waals surface area contributed by atoms with E-state index in [-0.39, 0.29) is 0 Å². The van der Waals surface area contributed by atoms with Crippen LogP contribution in [-0.4, -0.2) is 21.1 Å². The molecule has 4 rings (SSSR count). The van der Waals surface area contributed by atoms with Crippen LogP contribution in [-0.2, 0) is 13.1 Å². The van der Waals surface area contributed by atoms with Crippen LogP contribution < -0.4 is 0 Å². The van der Waals surface area contributed by atoms with Crippen LogP contribution >= 0.6 is 11.3 Å². The van der Waals surface area contributed by atoms with Crippen molar-refractivity contribution in [3.63, 3.8) is 0 Å². The van der Waals surface area contributed by atoms with Gasteiger partial charge >= 0.3 is 0 Å². The number of aromatic nitrogens is 2. The highest BCUT2D eigenvalue weighted by Gasteiger charge is 2.30. The van der Waals surface area contributed by atoms with Gasteiger partial charge in [-0.3, -0.25) is 4.90 Å². The largest absolute Gasteiger partial charge is 0.459 e. The summed E-state index contributed by atoms with van der Waals surface area (Å²) in [7, 11) is 0. The number of furan rings is 1. The van der Waals surface area contributed by atoms with E-state index in [1.54, 1.807) is 6.26 Å². The highest BCUT2D eigenvalue weighted by atomic mass is 32.1. The fourth-order valence-corrected chi connectivity index (χ4v) is 3.44. The number of nitrogens with zero attached hydrogens (tertiary/aromatic N) is 3. The zero-order valence-corrected chi connectivity index (χ0v) is 13.2. The Balaban J connectivity index is 1.49. The SMILES string of the molecule is Cc1ccsc1CN(Cc1noc(-c2ccco2)n1)C1CC1. The molecule has 1 aliphatic carbocycles. The van der Waals surface area contributed by atoms with Gasteiger partial charge in [0.2, 0.25) is 0 Å². The average Bonchev–Trinajstić information content (AvgIpc) is 2.93. The number of hydrogen-bond acceptors (Lipinski definition) is 6. The van der Waals surface area contributed by atoms with Gasteiger partial charge in [0, 0.05) is 17.5 Å². The van der Waals surface area contributed by atoms with Crippen molar-refractivity contribution in [1.82, 2.24) is 15.0 Å². The Hall–Kier alpha value is -1.92. The maximum Gasteiger partial charge on any atom is 0.293 e. The molecule has 0 aliphatic heterocycles. The minimum Gasteiger partial charge on any atom is -0.459 e. The van der Waals surface area contributed by atoms with E-state index in [9.17, 15) is 0 Å². The summed E-state index contributed by atoms with van der Waals surface area (Å²) in [5.41, 5.74) is 1.36. The summed E-state index contributed by atoms with van der Waals surface area (Å²) >= 11 is 1.82. The molecule has 1 saturated carbocycles. The van der Waals surface area contributed by atoms with Crippen LogP contribution in [0.5, 0.6) is 0 Å². The van der Waals surface area contributed by atoms with Gasteiger partial charge in [-0.15, -0.1) is 11.3 Å². The lowest BCUT2D eigenvalue weighted by Gasteiger charge is -2.19. The molecular weight excluding hydrogens is 298 g/mol. The van der Waals surface area contributed by atoms with Gasteiger partial charge in [0.25, 0.3) is 5.89 Å². The standard InChI is InChI=1S/C16H17N3O2S/c1-11-6-8-22-14(11)9-19(12-4-5-12)10-15-17-16(21-18-15)13-3-2-7-20-13/h2-3,6-8,12H,4-5,9-10H2,1H3. The predicted octanol–water partition coefficient (Wildman–Crippen LogP) is 3.86. The summed E-state index contributed by atoms with van der Waals surface area (Å²) < 4.78 is 10.6. The quantitative estimate of drug-likeness (QED) is 0.691. The molecule has 0 unspecified atom stereocenters. The number of rotatable bonds is 6. The molecule has 0 amide bonds. The van der Waals surface area contributed by atoms with Crippen LogP contribution in [0.4, 0.5) is 0 Å². The molecule has 1 aliphatic rings. The highest BCUT2D eigenvalue weighted by molar-refractivity contribution is 7.10. The van der Waals surface area contributed by atoms with Gasteiger partial charge in [-0.2, -0.15) is 4.98 Å². The van der Waals surface area contributed by atoms with Crippen molar-refractivity contribution in [1.29, 1.82) is 0 Å². The first-order chi connectivity index (χ1) is 10.8. The lowest BCUT2D eigenvalue weighted by molar-refractivity contribution is 0.237. The topological polar surface area (TPSA) is 55.3 Å². The zero-order valence-electron chi connectivity index (χ0n) is 12.4. The van der Waals surface area contributed by atoms with Gasteiger partial charge in [0.05, 0.1) is 12.8 Å². The first kappa shape index (κ1) is 13.7. The van der Waals surface area contributed by atoms with Gasteiger partial charge in [-0.25, -0.2) is 0 Å². The van der Waals surface area contributed by atoms with Crippen molar-refractivity contribution < 1.29 is 8.94 Å². The van der Waals surface area contributed by atoms with Gasteiger partial charge in [0.15, 0.2) is 11.6 Å². The van der Waals surface area contributed by atoms with E-state index >= 15 is 0 Å². The molecule has 22 heavy (non-hydrogen) atoms. The second-order valence-electron chi connectivity index (χ2n) is 5.66. The Morgan fingerprint density at radius 1 is 1.32 bits per heavy atom. The number of thiophene rings is 1. The van der Waals surface area contributed by atoms with E-state index in [4.69, 9.17) is 8.94 Å². The summed E-state index contributed by atoms with van der Waals surface area (Å²) in [5, 5.41) is 6.24. The maximum absolute atomic E-state index is 5.29. The molecule has 5 nitrogen and oxygen atoms in total. The molecule has 0 aromatic carbocycles. The Morgan fingerprint density at radius 2 is 2.23 bits per heavy atom. The first-order valence-electron chi connectivity index (χ1n) is 7.43. The first-order valence-corrected chi connectivity index (χ1v) is 8.31. The van der Waals surface area contributed by atoms with E-state index in [1.807, 2.05) is 23.5 Å². The van der Waals surface area contributed by atoms with Crippen LogP contribution in [0.15, 0.2) is 38.8 Å². The molecule has 0 spiro atoms. The Kier molecular flexibility index (Phi) is 3.56. The molecule has 0 saturated heterocycles. The van der Waals surface area contributed by atoms with E-state index < -0.39 is 0 Å². The normalized spacial score (nSPS) is 14.8. The minimum atomic E-state index is 0.447. The fourth-order valence-electron chi connectivity index (χ4n) is 2.50. The molecule has 3 aromatic rings. The van der Waals surface area contributed by atoms with Gasteiger partial charge in [-0.1, -0.05) is 5.16 Å².